The molecule has 0 bridgehead atoms. The van der Waals surface area contributed by atoms with E-state index >= 15 is 0 Å². The van der Waals surface area contributed by atoms with E-state index in [0.717, 1.165) is 47.9 Å². The van der Waals surface area contributed by atoms with Crippen molar-refractivity contribution < 1.29 is 4.39 Å². The fraction of sp³-hybridized carbons (Fsp3) is 0.206. The molecule has 2 heterocycles. The Bertz CT molecular complexity index is 2760. The number of anilines is 9. The Hall–Kier alpha value is -8.89. The van der Waals surface area contributed by atoms with Crippen LogP contribution in [0.3, 0.4) is 0 Å². The van der Waals surface area contributed by atoms with Crippen LogP contribution in [0.5, 0.6) is 0 Å². The van der Waals surface area contributed by atoms with Crippen molar-refractivity contribution >= 4 is 51.2 Å². The maximum absolute atomic E-state index is 12.2. The molecule has 11 rings (SSSR count). The lowest BCUT2D eigenvalue weighted by Gasteiger charge is -2.16. The summed E-state index contributed by atoms with van der Waals surface area (Å²) in [7, 11) is 7.57. The zero-order valence-electron chi connectivity index (χ0n) is 47.3. The molecule has 11 N–H and O–H groups in total. The highest BCUT2D eigenvalue weighted by Crippen LogP contribution is 2.21. The third kappa shape index (κ3) is 27.6. The summed E-state index contributed by atoms with van der Waals surface area (Å²) in [6.07, 6.45) is 3.70. The first-order valence-corrected chi connectivity index (χ1v) is 26.7. The van der Waals surface area contributed by atoms with E-state index in [1.54, 1.807) is 19.2 Å². The summed E-state index contributed by atoms with van der Waals surface area (Å²) in [6.45, 7) is 11.5. The van der Waals surface area contributed by atoms with Gasteiger partial charge in [0, 0.05) is 99.0 Å². The number of nitrogens with one attached hydrogen (secondary N) is 7. The standard InChI is InChI=1S/C9H11N.C8H9N.3C8H11N.C7H8FN.2C7H9N.C6H7N/c1-2-6-9-8(4-1)5-3-7-10-9;1-2-4-8-7(3-1)5-6-9-8;1-7-3-5-8(9-2)6-4-7;1-7-5-3-4-6-8(7)9-2;1-2-9-8-6-4-3-5-7-8;1-9-7-4-2-6(8)3-5-7;1-8-7-5-3-2-4-6-7;1-6-4-2-3-5-7(6)8;7-6-4-2-1-3-5-6/h1-2,4,6,10H,3,5,7H2;1-4,9H,5-6H2;2*3-6,9H,1-2H3;3-7,9H,2H2,1H3;2-5,9H,1H3;2-6,8H,1H3;2-5H,8H2,1H3;1-5H,7H2. The molecule has 0 unspecified atom stereocenters. The average molecular weight is 1050 g/mol. The molecular formula is C68H86FN9. The van der Waals surface area contributed by atoms with Gasteiger partial charge in [0.25, 0.3) is 0 Å². The maximum atomic E-state index is 12.2. The number of benzene rings is 9. The van der Waals surface area contributed by atoms with Gasteiger partial charge in [-0.05, 0) is 166 Å². The van der Waals surface area contributed by atoms with E-state index in [4.69, 9.17) is 11.5 Å². The molecule has 9 aromatic rings. The third-order valence-corrected chi connectivity index (χ3v) is 11.8. The molecular weight excluding hydrogens is 962 g/mol. The Labute approximate surface area is 467 Å². The van der Waals surface area contributed by atoms with Gasteiger partial charge in [0.15, 0.2) is 0 Å². The number of fused-ring (bicyclic) bond motifs is 2. The Morgan fingerprint density at radius 3 is 1.26 bits per heavy atom. The Morgan fingerprint density at radius 2 is 0.833 bits per heavy atom. The lowest BCUT2D eigenvalue weighted by atomic mass is 10.0. The van der Waals surface area contributed by atoms with Crippen LogP contribution in [0.1, 0.15) is 41.2 Å². The summed E-state index contributed by atoms with van der Waals surface area (Å²) in [5.41, 5.74) is 27.5. The summed E-state index contributed by atoms with van der Waals surface area (Å²) in [5, 5.41) is 21.9. The minimum absolute atomic E-state index is 0.200. The Kier molecular flexibility index (Phi) is 32.1. The van der Waals surface area contributed by atoms with Crippen LogP contribution in [-0.4, -0.2) is 47.8 Å². The molecule has 78 heavy (non-hydrogen) atoms. The van der Waals surface area contributed by atoms with Gasteiger partial charge in [0.1, 0.15) is 5.82 Å². The molecule has 0 aromatic heterocycles. The normalized spacial score (nSPS) is 10.5. The van der Waals surface area contributed by atoms with Crippen LogP contribution in [0.2, 0.25) is 0 Å². The van der Waals surface area contributed by atoms with E-state index in [-0.39, 0.29) is 5.82 Å². The monoisotopic (exact) mass is 1050 g/mol. The van der Waals surface area contributed by atoms with Crippen molar-refractivity contribution in [3.63, 3.8) is 0 Å². The number of rotatable bonds is 6. The van der Waals surface area contributed by atoms with Gasteiger partial charge in [-0.2, -0.15) is 0 Å². The molecule has 0 saturated heterocycles. The van der Waals surface area contributed by atoms with Gasteiger partial charge in [0.05, 0.1) is 0 Å². The van der Waals surface area contributed by atoms with Gasteiger partial charge >= 0.3 is 0 Å². The lowest BCUT2D eigenvalue weighted by molar-refractivity contribution is 0.628. The predicted octanol–water partition coefficient (Wildman–Crippen LogP) is 16.3. The third-order valence-electron chi connectivity index (χ3n) is 11.8. The zero-order chi connectivity index (χ0) is 56.4. The van der Waals surface area contributed by atoms with Gasteiger partial charge in [-0.1, -0.05) is 145 Å². The van der Waals surface area contributed by atoms with E-state index in [2.05, 4.69) is 155 Å². The van der Waals surface area contributed by atoms with Crippen molar-refractivity contribution in [3.8, 4) is 0 Å². The SMILES string of the molecule is CCNc1ccccc1.CNc1ccc(C)cc1.CNc1ccc(F)cc1.CNc1ccccc1.CNc1ccccc1C.Cc1ccccc1N.Nc1ccccc1.c1ccc2c(c1)CCCN2.c1ccc2c(c1)CCN2. The molecule has 0 aliphatic carbocycles. The molecule has 0 radical (unpaired) electrons. The van der Waals surface area contributed by atoms with Gasteiger partial charge in [0.2, 0.25) is 0 Å². The average Bonchev–Trinajstić information content (AvgIpc) is 3.98. The second-order valence-electron chi connectivity index (χ2n) is 17.7. The van der Waals surface area contributed by atoms with E-state index in [0.29, 0.717) is 0 Å². The summed E-state index contributed by atoms with van der Waals surface area (Å²) < 4.78 is 12.2. The van der Waals surface area contributed by atoms with Crippen molar-refractivity contribution in [2.75, 3.05) is 96.5 Å². The van der Waals surface area contributed by atoms with Crippen molar-refractivity contribution in [1.82, 2.24) is 0 Å². The first kappa shape index (κ1) is 63.4. The van der Waals surface area contributed by atoms with Crippen molar-refractivity contribution in [3.05, 3.63) is 270 Å². The first-order chi connectivity index (χ1) is 38.0. The predicted molar refractivity (Wildman–Crippen MR) is 342 cm³/mol. The summed E-state index contributed by atoms with van der Waals surface area (Å²) in [5.74, 6) is -0.200. The lowest BCUT2D eigenvalue weighted by Crippen LogP contribution is -2.10. The molecule has 2 aliphatic rings. The fourth-order valence-corrected chi connectivity index (χ4v) is 7.25. The molecule has 0 saturated carbocycles. The minimum Gasteiger partial charge on any atom is -0.399 e. The highest BCUT2D eigenvalue weighted by atomic mass is 19.1. The minimum atomic E-state index is -0.200. The molecule has 0 spiro atoms. The van der Waals surface area contributed by atoms with E-state index in [1.165, 1.54) is 82.1 Å². The zero-order valence-corrected chi connectivity index (χ0v) is 47.3. The van der Waals surface area contributed by atoms with Crippen LogP contribution in [0.15, 0.2) is 237 Å². The van der Waals surface area contributed by atoms with Crippen LogP contribution in [-0.2, 0) is 12.8 Å². The topological polar surface area (TPSA) is 136 Å². The largest absolute Gasteiger partial charge is 0.399 e. The second kappa shape index (κ2) is 39.5. The molecule has 10 heteroatoms. The number of nitrogen functional groups attached to an aromatic ring is 2. The summed E-state index contributed by atoms with van der Waals surface area (Å²) in [4.78, 5) is 0. The maximum Gasteiger partial charge on any atom is 0.123 e. The van der Waals surface area contributed by atoms with E-state index in [9.17, 15) is 4.39 Å². The highest BCUT2D eigenvalue weighted by Gasteiger charge is 2.06. The Morgan fingerprint density at radius 1 is 0.410 bits per heavy atom. The van der Waals surface area contributed by atoms with Crippen molar-refractivity contribution in [2.45, 2.75) is 47.0 Å². The first-order valence-electron chi connectivity index (χ1n) is 26.7. The molecule has 0 amide bonds. The number of para-hydroxylation sites is 7. The fourth-order valence-electron chi connectivity index (χ4n) is 7.25. The van der Waals surface area contributed by atoms with Crippen LogP contribution >= 0.6 is 0 Å². The van der Waals surface area contributed by atoms with Crippen LogP contribution < -0.4 is 48.7 Å². The number of aryl methyl sites for hydroxylation is 4. The van der Waals surface area contributed by atoms with Gasteiger partial charge < -0.3 is 48.7 Å². The molecule has 2 aliphatic heterocycles. The molecule has 0 fully saturated rings. The van der Waals surface area contributed by atoms with Crippen LogP contribution in [0.4, 0.5) is 55.6 Å². The number of hydrogen-bond acceptors (Lipinski definition) is 9. The highest BCUT2D eigenvalue weighted by molar-refractivity contribution is 5.55. The number of nitrogens with two attached hydrogens (primary N) is 2. The number of halogens is 1. The number of hydrogen-bond donors (Lipinski definition) is 9. The van der Waals surface area contributed by atoms with Gasteiger partial charge in [-0.15, -0.1) is 0 Å². The molecule has 9 nitrogen and oxygen atoms in total. The second-order valence-corrected chi connectivity index (χ2v) is 17.7. The summed E-state index contributed by atoms with van der Waals surface area (Å²) >= 11 is 0. The van der Waals surface area contributed by atoms with Gasteiger partial charge in [-0.25, -0.2) is 4.39 Å². The quantitative estimate of drug-likeness (QED) is 0.0746. The van der Waals surface area contributed by atoms with Crippen molar-refractivity contribution in [2.24, 2.45) is 0 Å². The molecule has 0 atom stereocenters. The van der Waals surface area contributed by atoms with E-state index in [1.807, 2.05) is 143 Å². The molecule has 9 aromatic carbocycles. The van der Waals surface area contributed by atoms with Crippen LogP contribution in [0, 0.1) is 26.6 Å². The van der Waals surface area contributed by atoms with Gasteiger partial charge in [-0.3, -0.25) is 0 Å². The van der Waals surface area contributed by atoms with E-state index < -0.39 is 0 Å². The smallest absolute Gasteiger partial charge is 0.123 e. The molecule has 410 valence electrons. The summed E-state index contributed by atoms with van der Waals surface area (Å²) in [6, 6.07) is 77.3. The Balaban J connectivity index is 0.000000231. The van der Waals surface area contributed by atoms with Crippen molar-refractivity contribution in [1.29, 1.82) is 0 Å². The van der Waals surface area contributed by atoms with Crippen LogP contribution in [0.25, 0.3) is 0 Å².